The van der Waals surface area contributed by atoms with Gasteiger partial charge in [0, 0.05) is 11.6 Å². The van der Waals surface area contributed by atoms with Crippen molar-refractivity contribution in [1.82, 2.24) is 0 Å². The van der Waals surface area contributed by atoms with Crippen LogP contribution in [0, 0.1) is 6.92 Å². The van der Waals surface area contributed by atoms with Crippen LogP contribution >= 0.6 is 0 Å². The first-order valence-electron chi connectivity index (χ1n) is 5.74. The topological polar surface area (TPSA) is 44.5 Å². The molecule has 0 atom stereocenters. The molecule has 0 saturated carbocycles. The molecule has 0 saturated heterocycles. The largest absolute Gasteiger partial charge is 0.496 e. The molecule has 3 nitrogen and oxygen atoms in total. The lowest BCUT2D eigenvalue weighted by molar-refractivity contribution is 0.397. The molecule has 0 spiro atoms. The van der Waals surface area contributed by atoms with Gasteiger partial charge in [-0.3, -0.25) is 0 Å². The van der Waals surface area contributed by atoms with Crippen LogP contribution in [-0.2, 0) is 0 Å². The fourth-order valence-corrected chi connectivity index (χ4v) is 1.88. The van der Waals surface area contributed by atoms with Crippen LogP contribution in [0.5, 0.6) is 11.5 Å². The van der Waals surface area contributed by atoms with Crippen LogP contribution in [0.1, 0.15) is 5.56 Å². The Kier molecular flexibility index (Phi) is 3.42. The Hall–Kier alpha value is -2.16. The van der Waals surface area contributed by atoms with E-state index in [0.29, 0.717) is 11.4 Å². The Labute approximate surface area is 107 Å². The van der Waals surface area contributed by atoms with Crippen molar-refractivity contribution in [3.63, 3.8) is 0 Å². The first-order valence-corrected chi connectivity index (χ1v) is 5.74. The molecule has 94 valence electrons. The van der Waals surface area contributed by atoms with Crippen LogP contribution in [0.15, 0.2) is 36.4 Å². The van der Waals surface area contributed by atoms with Gasteiger partial charge in [0.1, 0.15) is 11.5 Å². The zero-order chi connectivity index (χ0) is 13.1. The standard InChI is InChI=1S/C15H17NO2/c1-10-4-6-11(7-5-10)12-8-13(16)15(18-3)9-14(12)17-2/h4-9H,16H2,1-3H3. The molecule has 0 fully saturated rings. The van der Waals surface area contributed by atoms with Crippen LogP contribution in [0.4, 0.5) is 5.69 Å². The fraction of sp³-hybridized carbons (Fsp3) is 0.200. The van der Waals surface area contributed by atoms with Crippen molar-refractivity contribution in [3.8, 4) is 22.6 Å². The van der Waals surface area contributed by atoms with Crippen molar-refractivity contribution in [2.45, 2.75) is 6.92 Å². The highest BCUT2D eigenvalue weighted by molar-refractivity contribution is 5.77. The van der Waals surface area contributed by atoms with E-state index >= 15 is 0 Å². The van der Waals surface area contributed by atoms with Gasteiger partial charge in [0.15, 0.2) is 0 Å². The van der Waals surface area contributed by atoms with Gasteiger partial charge in [0.05, 0.1) is 19.9 Å². The summed E-state index contributed by atoms with van der Waals surface area (Å²) in [5.41, 5.74) is 9.81. The molecule has 0 aromatic heterocycles. The van der Waals surface area contributed by atoms with E-state index in [1.807, 2.05) is 12.1 Å². The number of hydrogen-bond donors (Lipinski definition) is 1. The minimum Gasteiger partial charge on any atom is -0.496 e. The number of anilines is 1. The Balaban J connectivity index is 2.56. The molecule has 0 aliphatic heterocycles. The predicted octanol–water partition coefficient (Wildman–Crippen LogP) is 3.26. The monoisotopic (exact) mass is 243 g/mol. The van der Waals surface area contributed by atoms with Crippen LogP contribution in [-0.4, -0.2) is 14.2 Å². The zero-order valence-corrected chi connectivity index (χ0v) is 10.9. The van der Waals surface area contributed by atoms with E-state index in [4.69, 9.17) is 15.2 Å². The van der Waals surface area contributed by atoms with Crippen LogP contribution in [0.25, 0.3) is 11.1 Å². The number of aryl methyl sites for hydroxylation is 1. The molecule has 0 bridgehead atoms. The molecular weight excluding hydrogens is 226 g/mol. The molecular formula is C15H17NO2. The quantitative estimate of drug-likeness (QED) is 0.841. The number of nitrogen functional groups attached to an aromatic ring is 1. The van der Waals surface area contributed by atoms with Gasteiger partial charge in [-0.1, -0.05) is 29.8 Å². The minimum absolute atomic E-state index is 0.605. The molecule has 2 N–H and O–H groups in total. The highest BCUT2D eigenvalue weighted by atomic mass is 16.5. The molecule has 2 rings (SSSR count). The third kappa shape index (κ3) is 2.25. The van der Waals surface area contributed by atoms with Crippen molar-refractivity contribution in [3.05, 3.63) is 42.0 Å². The van der Waals surface area contributed by atoms with Crippen LogP contribution < -0.4 is 15.2 Å². The van der Waals surface area contributed by atoms with Gasteiger partial charge in [-0.05, 0) is 18.6 Å². The maximum atomic E-state index is 5.94. The molecule has 0 unspecified atom stereocenters. The van der Waals surface area contributed by atoms with Gasteiger partial charge in [0.2, 0.25) is 0 Å². The molecule has 0 amide bonds. The zero-order valence-electron chi connectivity index (χ0n) is 10.9. The van der Waals surface area contributed by atoms with Crippen molar-refractivity contribution >= 4 is 5.69 Å². The fourth-order valence-electron chi connectivity index (χ4n) is 1.88. The predicted molar refractivity (Wildman–Crippen MR) is 74.1 cm³/mol. The van der Waals surface area contributed by atoms with Gasteiger partial charge in [-0.25, -0.2) is 0 Å². The Bertz CT molecular complexity index is 547. The molecule has 0 aliphatic rings. The van der Waals surface area contributed by atoms with Gasteiger partial charge in [0.25, 0.3) is 0 Å². The van der Waals surface area contributed by atoms with E-state index in [-0.39, 0.29) is 0 Å². The maximum absolute atomic E-state index is 5.94. The summed E-state index contributed by atoms with van der Waals surface area (Å²) in [6, 6.07) is 11.9. The summed E-state index contributed by atoms with van der Waals surface area (Å²) in [6.45, 7) is 2.06. The molecule has 0 aliphatic carbocycles. The number of ether oxygens (including phenoxy) is 2. The van der Waals surface area contributed by atoms with E-state index in [9.17, 15) is 0 Å². The molecule has 2 aromatic rings. The SMILES string of the molecule is COc1cc(OC)c(-c2ccc(C)cc2)cc1N. The van der Waals surface area contributed by atoms with Gasteiger partial charge >= 0.3 is 0 Å². The van der Waals surface area contributed by atoms with E-state index in [1.54, 1.807) is 14.2 Å². The van der Waals surface area contributed by atoms with Crippen molar-refractivity contribution in [1.29, 1.82) is 0 Å². The summed E-state index contributed by atoms with van der Waals surface area (Å²) in [7, 11) is 3.24. The van der Waals surface area contributed by atoms with Gasteiger partial charge in [-0.2, -0.15) is 0 Å². The second-order valence-electron chi connectivity index (χ2n) is 4.16. The van der Waals surface area contributed by atoms with Crippen molar-refractivity contribution < 1.29 is 9.47 Å². The Morgan fingerprint density at radius 1 is 0.889 bits per heavy atom. The number of benzene rings is 2. The maximum Gasteiger partial charge on any atom is 0.145 e. The second kappa shape index (κ2) is 5.00. The molecule has 3 heteroatoms. The van der Waals surface area contributed by atoms with E-state index in [2.05, 4.69) is 31.2 Å². The number of methoxy groups -OCH3 is 2. The van der Waals surface area contributed by atoms with Crippen LogP contribution in [0.3, 0.4) is 0 Å². The van der Waals surface area contributed by atoms with Gasteiger partial charge < -0.3 is 15.2 Å². The summed E-state index contributed by atoms with van der Waals surface area (Å²) in [5, 5.41) is 0. The Morgan fingerprint density at radius 2 is 1.50 bits per heavy atom. The third-order valence-electron chi connectivity index (χ3n) is 2.91. The Morgan fingerprint density at radius 3 is 2.06 bits per heavy atom. The average Bonchev–Trinajstić information content (AvgIpc) is 2.39. The minimum atomic E-state index is 0.605. The number of hydrogen-bond acceptors (Lipinski definition) is 3. The highest BCUT2D eigenvalue weighted by Crippen LogP contribution is 2.37. The smallest absolute Gasteiger partial charge is 0.145 e. The van der Waals surface area contributed by atoms with Crippen molar-refractivity contribution in [2.75, 3.05) is 20.0 Å². The average molecular weight is 243 g/mol. The summed E-state index contributed by atoms with van der Waals surface area (Å²) >= 11 is 0. The number of nitrogens with two attached hydrogens (primary N) is 1. The summed E-state index contributed by atoms with van der Waals surface area (Å²) in [6.07, 6.45) is 0. The van der Waals surface area contributed by atoms with E-state index < -0.39 is 0 Å². The lowest BCUT2D eigenvalue weighted by atomic mass is 10.0. The highest BCUT2D eigenvalue weighted by Gasteiger charge is 2.10. The lowest BCUT2D eigenvalue weighted by Gasteiger charge is -2.13. The summed E-state index contributed by atoms with van der Waals surface area (Å²) in [4.78, 5) is 0. The van der Waals surface area contributed by atoms with Crippen LogP contribution in [0.2, 0.25) is 0 Å². The van der Waals surface area contributed by atoms with Crippen molar-refractivity contribution in [2.24, 2.45) is 0 Å². The normalized spacial score (nSPS) is 10.2. The molecule has 0 radical (unpaired) electrons. The second-order valence-corrected chi connectivity index (χ2v) is 4.16. The summed E-state index contributed by atoms with van der Waals surface area (Å²) < 4.78 is 10.6. The third-order valence-corrected chi connectivity index (χ3v) is 2.91. The van der Waals surface area contributed by atoms with E-state index in [1.165, 1.54) is 5.56 Å². The summed E-state index contributed by atoms with van der Waals surface area (Å²) in [5.74, 6) is 1.38. The van der Waals surface area contributed by atoms with Gasteiger partial charge in [-0.15, -0.1) is 0 Å². The first kappa shape index (κ1) is 12.3. The molecule has 2 aromatic carbocycles. The van der Waals surface area contributed by atoms with E-state index in [0.717, 1.165) is 16.9 Å². The lowest BCUT2D eigenvalue weighted by Crippen LogP contribution is -1.96. The number of rotatable bonds is 3. The first-order chi connectivity index (χ1) is 8.65. The molecule has 0 heterocycles. The molecule has 18 heavy (non-hydrogen) atoms.